The van der Waals surface area contributed by atoms with Crippen molar-refractivity contribution in [3.8, 4) is 0 Å². The Kier molecular flexibility index (Phi) is 11.1. The van der Waals surface area contributed by atoms with Gasteiger partial charge in [0.15, 0.2) is 12.4 Å². The molecule has 3 aromatic rings. The predicted molar refractivity (Wildman–Crippen MR) is 125 cm³/mol. The standard InChI is InChI=1S/C25H35N4O4.BrH/c1-18(30-3)23-27-28(17-20-13-9-7-10-14-20)24(19(2)31-4)29(23)26-22(25(32-5)33-6)21-15-11-8-12-16-21;/h7-16,18-19,22,25-26H,17H2,1-6H3;1H/q+1;/p-1/t18?,19?,22-;/m1./s1. The Morgan fingerprint density at radius 3 is 1.91 bits per heavy atom. The third kappa shape index (κ3) is 6.43. The molecule has 9 heteroatoms. The Morgan fingerprint density at radius 1 is 0.824 bits per heavy atom. The maximum absolute atomic E-state index is 5.76. The van der Waals surface area contributed by atoms with E-state index in [1.54, 1.807) is 28.4 Å². The van der Waals surface area contributed by atoms with Crippen LogP contribution in [0.5, 0.6) is 0 Å². The Balaban J connectivity index is 0.00000408. The average Bonchev–Trinajstić information content (AvgIpc) is 3.21. The highest BCUT2D eigenvalue weighted by Crippen LogP contribution is 2.25. The molecule has 8 nitrogen and oxygen atoms in total. The summed E-state index contributed by atoms with van der Waals surface area (Å²) in [5.41, 5.74) is 5.75. The van der Waals surface area contributed by atoms with E-state index in [1.807, 2.05) is 71.7 Å². The Bertz CT molecular complexity index is 983. The minimum Gasteiger partial charge on any atom is -1.00 e. The molecule has 0 aliphatic rings. The highest BCUT2D eigenvalue weighted by Gasteiger charge is 2.36. The van der Waals surface area contributed by atoms with E-state index >= 15 is 0 Å². The number of nitrogens with one attached hydrogen (secondary N) is 1. The molecule has 0 fully saturated rings. The number of methoxy groups -OCH3 is 4. The molecule has 0 saturated carbocycles. The summed E-state index contributed by atoms with van der Waals surface area (Å²) < 4.78 is 26.6. The minimum absolute atomic E-state index is 0. The smallest absolute Gasteiger partial charge is 0.331 e. The van der Waals surface area contributed by atoms with Crippen molar-refractivity contribution in [3.05, 3.63) is 83.4 Å². The van der Waals surface area contributed by atoms with Crippen molar-refractivity contribution < 1.29 is 40.6 Å². The molecule has 1 heterocycles. The molecule has 0 aliphatic carbocycles. The highest BCUT2D eigenvalue weighted by atomic mass is 79.9. The van der Waals surface area contributed by atoms with Crippen molar-refractivity contribution in [2.45, 2.75) is 44.9 Å². The monoisotopic (exact) mass is 534 g/mol. The SMILES string of the molecule is COC(C)c1n[n+](Cc2ccccc2)c(C(C)OC)n1N[C@H](c1ccccc1)C(OC)OC.[Br-]. The van der Waals surface area contributed by atoms with E-state index < -0.39 is 6.29 Å². The normalized spacial score (nSPS) is 13.9. The predicted octanol–water partition coefficient (Wildman–Crippen LogP) is 0.541. The molecule has 0 spiro atoms. The zero-order valence-corrected chi connectivity index (χ0v) is 22.2. The van der Waals surface area contributed by atoms with Crippen LogP contribution in [0.15, 0.2) is 60.7 Å². The van der Waals surface area contributed by atoms with E-state index in [0.29, 0.717) is 6.54 Å². The lowest BCUT2D eigenvalue weighted by Crippen LogP contribution is -3.00. The van der Waals surface area contributed by atoms with Gasteiger partial charge in [-0.05, 0) is 30.1 Å². The Labute approximate surface area is 212 Å². The van der Waals surface area contributed by atoms with Crippen LogP contribution < -0.4 is 27.1 Å². The molecular weight excluding hydrogens is 500 g/mol. The van der Waals surface area contributed by atoms with Crippen LogP contribution in [0.1, 0.15) is 54.9 Å². The van der Waals surface area contributed by atoms with Gasteiger partial charge >= 0.3 is 5.82 Å². The zero-order chi connectivity index (χ0) is 23.8. The quantitative estimate of drug-likeness (QED) is 0.270. The summed E-state index contributed by atoms with van der Waals surface area (Å²) in [7, 11) is 6.63. The lowest BCUT2D eigenvalue weighted by atomic mass is 10.1. The fraction of sp³-hybridized carbons (Fsp3) is 0.440. The van der Waals surface area contributed by atoms with Crippen LogP contribution in [0.2, 0.25) is 0 Å². The second-order valence-electron chi connectivity index (χ2n) is 7.81. The second kappa shape index (κ2) is 13.6. The van der Waals surface area contributed by atoms with Crippen molar-refractivity contribution in [2.24, 2.45) is 0 Å². The third-order valence-corrected chi connectivity index (χ3v) is 5.72. The van der Waals surface area contributed by atoms with E-state index in [0.717, 1.165) is 22.8 Å². The van der Waals surface area contributed by atoms with Gasteiger partial charge in [0.1, 0.15) is 18.7 Å². The maximum atomic E-state index is 5.76. The summed E-state index contributed by atoms with van der Waals surface area (Å²) in [6.45, 7) is 4.56. The molecule has 0 bridgehead atoms. The molecule has 3 atom stereocenters. The van der Waals surface area contributed by atoms with Crippen LogP contribution >= 0.6 is 0 Å². The molecule has 2 aromatic carbocycles. The summed E-state index contributed by atoms with van der Waals surface area (Å²) in [5.74, 6) is 1.58. The first-order valence-corrected chi connectivity index (χ1v) is 11.0. The van der Waals surface area contributed by atoms with Gasteiger partial charge in [-0.15, -0.1) is 9.36 Å². The van der Waals surface area contributed by atoms with Gasteiger partial charge in [-0.2, -0.15) is 0 Å². The summed E-state index contributed by atoms with van der Waals surface area (Å²) >= 11 is 0. The van der Waals surface area contributed by atoms with Crippen molar-refractivity contribution in [2.75, 3.05) is 33.9 Å². The van der Waals surface area contributed by atoms with Gasteiger partial charge in [-0.25, -0.2) is 5.43 Å². The molecule has 3 rings (SSSR count). The molecule has 1 aromatic heterocycles. The van der Waals surface area contributed by atoms with Gasteiger partial charge in [-0.1, -0.05) is 60.7 Å². The van der Waals surface area contributed by atoms with Crippen LogP contribution in [-0.2, 0) is 25.5 Å². The van der Waals surface area contributed by atoms with Gasteiger partial charge in [-0.3, -0.25) is 0 Å². The number of ether oxygens (including phenoxy) is 4. The number of hydrogen-bond acceptors (Lipinski definition) is 6. The first-order chi connectivity index (χ1) is 16.0. The van der Waals surface area contributed by atoms with E-state index in [9.17, 15) is 0 Å². The van der Waals surface area contributed by atoms with E-state index in [4.69, 9.17) is 24.0 Å². The molecule has 34 heavy (non-hydrogen) atoms. The summed E-state index contributed by atoms with van der Waals surface area (Å²) in [6, 6.07) is 20.0. The number of rotatable bonds is 12. The molecule has 1 N–H and O–H groups in total. The molecule has 2 unspecified atom stereocenters. The van der Waals surface area contributed by atoms with E-state index in [2.05, 4.69) is 17.6 Å². The largest absolute Gasteiger partial charge is 1.00 e. The fourth-order valence-corrected chi connectivity index (χ4v) is 3.78. The summed E-state index contributed by atoms with van der Waals surface area (Å²) in [4.78, 5) is 0. The minimum atomic E-state index is -0.534. The maximum Gasteiger partial charge on any atom is 0.331 e. The van der Waals surface area contributed by atoms with E-state index in [1.165, 1.54) is 0 Å². The van der Waals surface area contributed by atoms with Gasteiger partial charge in [0.05, 0.1) is 0 Å². The average molecular weight is 535 g/mol. The fourth-order valence-electron chi connectivity index (χ4n) is 3.78. The topological polar surface area (TPSA) is 70.7 Å². The van der Waals surface area contributed by atoms with Gasteiger partial charge in [0.25, 0.3) is 5.82 Å². The molecule has 0 saturated heterocycles. The summed E-state index contributed by atoms with van der Waals surface area (Å²) in [6.07, 6.45) is -1.04. The van der Waals surface area contributed by atoms with Crippen LogP contribution in [0, 0.1) is 0 Å². The highest BCUT2D eigenvalue weighted by molar-refractivity contribution is 5.23. The lowest BCUT2D eigenvalue weighted by Gasteiger charge is -2.26. The van der Waals surface area contributed by atoms with Gasteiger partial charge in [0.2, 0.25) is 0 Å². The van der Waals surface area contributed by atoms with Crippen LogP contribution in [0.4, 0.5) is 0 Å². The van der Waals surface area contributed by atoms with Crippen LogP contribution in [0.3, 0.4) is 0 Å². The zero-order valence-electron chi connectivity index (χ0n) is 20.6. The molecular formula is C25H35BrN4O4. The number of hydrogen-bond donors (Lipinski definition) is 1. The second-order valence-corrected chi connectivity index (χ2v) is 7.81. The third-order valence-electron chi connectivity index (χ3n) is 5.72. The summed E-state index contributed by atoms with van der Waals surface area (Å²) in [5, 5.41) is 4.93. The number of halogens is 1. The Hall–Kier alpha value is -2.30. The molecule has 186 valence electrons. The Morgan fingerprint density at radius 2 is 1.38 bits per heavy atom. The number of benzene rings is 2. The van der Waals surface area contributed by atoms with Crippen LogP contribution in [0.25, 0.3) is 0 Å². The molecule has 0 amide bonds. The van der Waals surface area contributed by atoms with Gasteiger partial charge in [0, 0.05) is 28.4 Å². The van der Waals surface area contributed by atoms with Gasteiger partial charge < -0.3 is 35.9 Å². The van der Waals surface area contributed by atoms with Crippen molar-refractivity contribution in [1.82, 2.24) is 9.77 Å². The van der Waals surface area contributed by atoms with Crippen LogP contribution in [-0.4, -0.2) is 44.5 Å². The molecule has 0 radical (unpaired) electrons. The van der Waals surface area contributed by atoms with Crippen molar-refractivity contribution in [1.29, 1.82) is 0 Å². The van der Waals surface area contributed by atoms with Crippen molar-refractivity contribution in [3.63, 3.8) is 0 Å². The van der Waals surface area contributed by atoms with E-state index in [-0.39, 0.29) is 35.2 Å². The first-order valence-electron chi connectivity index (χ1n) is 11.0. The number of aromatic nitrogens is 3. The number of nitrogens with zero attached hydrogens (tertiary/aromatic N) is 3. The molecule has 0 aliphatic heterocycles. The first kappa shape index (κ1) is 27.9. The van der Waals surface area contributed by atoms with Crippen molar-refractivity contribution >= 4 is 0 Å². The lowest BCUT2D eigenvalue weighted by molar-refractivity contribution is -0.754.